The molecule has 1 aliphatic rings. The molecule has 0 N–H and O–H groups in total. The molecule has 2 bridgehead atoms. The van der Waals surface area contributed by atoms with Gasteiger partial charge in [0.1, 0.15) is 0 Å². The van der Waals surface area contributed by atoms with E-state index >= 15 is 0 Å². The predicted octanol–water partition coefficient (Wildman–Crippen LogP) is 4.89. The lowest BCUT2D eigenvalue weighted by molar-refractivity contribution is 0.598. The van der Waals surface area contributed by atoms with Crippen LogP contribution in [0.15, 0.2) is 22.7 Å². The van der Waals surface area contributed by atoms with Crippen LogP contribution in [0.25, 0.3) is 0 Å². The lowest BCUT2D eigenvalue weighted by Gasteiger charge is -2.06. The minimum atomic E-state index is 1.24. The van der Waals surface area contributed by atoms with Gasteiger partial charge in [0, 0.05) is 4.47 Å². The molecule has 0 amide bonds. The third-order valence-corrected chi connectivity index (χ3v) is 4.05. The van der Waals surface area contributed by atoms with Gasteiger partial charge in [-0.15, -0.1) is 0 Å². The van der Waals surface area contributed by atoms with E-state index in [9.17, 15) is 0 Å². The molecule has 82 valence electrons. The van der Waals surface area contributed by atoms with Crippen molar-refractivity contribution in [1.82, 2.24) is 0 Å². The van der Waals surface area contributed by atoms with E-state index in [0.717, 1.165) is 0 Å². The summed E-state index contributed by atoms with van der Waals surface area (Å²) in [6.07, 6.45) is 10.9. The summed E-state index contributed by atoms with van der Waals surface area (Å²) in [6.45, 7) is 0. The van der Waals surface area contributed by atoms with Crippen molar-refractivity contribution in [3.8, 4) is 0 Å². The first-order chi connectivity index (χ1) is 7.36. The first-order valence-corrected chi connectivity index (χ1v) is 6.93. The molecule has 0 unspecified atom stereocenters. The van der Waals surface area contributed by atoms with Crippen molar-refractivity contribution >= 4 is 15.9 Å². The van der Waals surface area contributed by atoms with E-state index in [1.807, 2.05) is 0 Å². The summed E-state index contributed by atoms with van der Waals surface area (Å²) >= 11 is 3.65. The Labute approximate surface area is 101 Å². The SMILES string of the molecule is Brc1ccc2cc1CCCCCCCC2. The second-order valence-electron chi connectivity index (χ2n) is 4.55. The Morgan fingerprint density at radius 1 is 0.800 bits per heavy atom. The van der Waals surface area contributed by atoms with Crippen molar-refractivity contribution in [2.24, 2.45) is 0 Å². The lowest BCUT2D eigenvalue weighted by Crippen LogP contribution is -1.90. The van der Waals surface area contributed by atoms with E-state index < -0.39 is 0 Å². The molecule has 0 saturated heterocycles. The number of rotatable bonds is 0. The summed E-state index contributed by atoms with van der Waals surface area (Å²) in [7, 11) is 0. The highest BCUT2D eigenvalue weighted by molar-refractivity contribution is 9.10. The van der Waals surface area contributed by atoms with Crippen molar-refractivity contribution in [1.29, 1.82) is 0 Å². The fourth-order valence-corrected chi connectivity index (χ4v) is 2.77. The van der Waals surface area contributed by atoms with Crippen LogP contribution in [0.1, 0.15) is 49.7 Å². The number of hydrogen-bond acceptors (Lipinski definition) is 0. The zero-order valence-corrected chi connectivity index (χ0v) is 10.9. The molecule has 1 aromatic rings. The van der Waals surface area contributed by atoms with Crippen LogP contribution in [-0.2, 0) is 12.8 Å². The largest absolute Gasteiger partial charge is 0.0579 e. The van der Waals surface area contributed by atoms with E-state index in [0.29, 0.717) is 0 Å². The van der Waals surface area contributed by atoms with Crippen LogP contribution in [0.5, 0.6) is 0 Å². The minimum Gasteiger partial charge on any atom is -0.0579 e. The quantitative estimate of drug-likeness (QED) is 0.628. The van der Waals surface area contributed by atoms with E-state index in [4.69, 9.17) is 0 Å². The van der Waals surface area contributed by atoms with Gasteiger partial charge in [0.2, 0.25) is 0 Å². The summed E-state index contributed by atoms with van der Waals surface area (Å²) < 4.78 is 1.30. The Kier molecular flexibility index (Phi) is 4.25. The monoisotopic (exact) mass is 266 g/mol. The maximum atomic E-state index is 3.65. The Morgan fingerprint density at radius 2 is 1.47 bits per heavy atom. The van der Waals surface area contributed by atoms with Gasteiger partial charge in [0.05, 0.1) is 0 Å². The third-order valence-electron chi connectivity index (χ3n) is 3.27. The van der Waals surface area contributed by atoms with Crippen LogP contribution in [0.2, 0.25) is 0 Å². The van der Waals surface area contributed by atoms with Gasteiger partial charge in [0.15, 0.2) is 0 Å². The molecule has 0 atom stereocenters. The molecular weight excluding hydrogens is 248 g/mol. The molecule has 0 radical (unpaired) electrons. The zero-order valence-electron chi connectivity index (χ0n) is 9.27. The molecule has 0 nitrogen and oxygen atoms in total. The van der Waals surface area contributed by atoms with Crippen molar-refractivity contribution in [3.05, 3.63) is 33.8 Å². The van der Waals surface area contributed by atoms with Gasteiger partial charge in [-0.1, -0.05) is 53.7 Å². The first-order valence-electron chi connectivity index (χ1n) is 6.13. The van der Waals surface area contributed by atoms with Gasteiger partial charge in [-0.3, -0.25) is 0 Å². The third kappa shape index (κ3) is 3.34. The van der Waals surface area contributed by atoms with Gasteiger partial charge in [-0.05, 0) is 42.9 Å². The number of hydrogen-bond donors (Lipinski definition) is 0. The van der Waals surface area contributed by atoms with E-state index in [1.54, 1.807) is 0 Å². The molecule has 0 aromatic heterocycles. The molecule has 0 spiro atoms. The topological polar surface area (TPSA) is 0 Å². The fraction of sp³-hybridized carbons (Fsp3) is 0.571. The van der Waals surface area contributed by atoms with Crippen LogP contribution >= 0.6 is 15.9 Å². The Morgan fingerprint density at radius 3 is 2.27 bits per heavy atom. The van der Waals surface area contributed by atoms with Crippen LogP contribution < -0.4 is 0 Å². The summed E-state index contributed by atoms with van der Waals surface area (Å²) in [5.41, 5.74) is 3.03. The summed E-state index contributed by atoms with van der Waals surface area (Å²) in [6, 6.07) is 6.89. The number of halogens is 1. The summed E-state index contributed by atoms with van der Waals surface area (Å²) in [5, 5.41) is 0. The lowest BCUT2D eigenvalue weighted by atomic mass is 10.0. The maximum Gasteiger partial charge on any atom is 0.0207 e. The number of aryl methyl sites for hydroxylation is 2. The second kappa shape index (κ2) is 5.69. The van der Waals surface area contributed by atoms with Gasteiger partial charge in [0.25, 0.3) is 0 Å². The number of fused-ring (bicyclic) bond motifs is 2. The van der Waals surface area contributed by atoms with Crippen molar-refractivity contribution < 1.29 is 0 Å². The molecule has 1 heteroatoms. The smallest absolute Gasteiger partial charge is 0.0207 e. The molecule has 0 heterocycles. The van der Waals surface area contributed by atoms with Gasteiger partial charge in [-0.25, -0.2) is 0 Å². The average Bonchev–Trinajstić information content (AvgIpc) is 2.28. The van der Waals surface area contributed by atoms with Crippen LogP contribution in [0.3, 0.4) is 0 Å². The first kappa shape index (κ1) is 11.2. The van der Waals surface area contributed by atoms with E-state index in [-0.39, 0.29) is 0 Å². The molecular formula is C14H19Br. The maximum absolute atomic E-state index is 3.65. The Bertz CT molecular complexity index is 317. The predicted molar refractivity (Wildman–Crippen MR) is 69.3 cm³/mol. The fourth-order valence-electron chi connectivity index (χ4n) is 2.33. The van der Waals surface area contributed by atoms with E-state index in [2.05, 4.69) is 34.1 Å². The van der Waals surface area contributed by atoms with Gasteiger partial charge in [-0.2, -0.15) is 0 Å². The molecule has 1 aliphatic carbocycles. The highest BCUT2D eigenvalue weighted by Gasteiger charge is 2.04. The van der Waals surface area contributed by atoms with Gasteiger partial charge >= 0.3 is 0 Å². The van der Waals surface area contributed by atoms with Crippen LogP contribution in [0.4, 0.5) is 0 Å². The van der Waals surface area contributed by atoms with E-state index in [1.165, 1.54) is 67.0 Å². The molecule has 0 fully saturated rings. The normalized spacial score (nSPS) is 18.2. The second-order valence-corrected chi connectivity index (χ2v) is 5.40. The van der Waals surface area contributed by atoms with Crippen molar-refractivity contribution in [2.75, 3.05) is 0 Å². The Hall–Kier alpha value is -0.300. The van der Waals surface area contributed by atoms with Crippen LogP contribution in [0, 0.1) is 0 Å². The molecule has 0 saturated carbocycles. The highest BCUT2D eigenvalue weighted by Crippen LogP contribution is 2.23. The molecule has 0 aliphatic heterocycles. The summed E-state index contributed by atoms with van der Waals surface area (Å²) in [4.78, 5) is 0. The highest BCUT2D eigenvalue weighted by atomic mass is 79.9. The van der Waals surface area contributed by atoms with Crippen LogP contribution in [-0.4, -0.2) is 0 Å². The molecule has 2 rings (SSSR count). The molecule has 15 heavy (non-hydrogen) atoms. The molecule has 1 aromatic carbocycles. The zero-order chi connectivity index (χ0) is 10.5. The Balaban J connectivity index is 2.14. The average molecular weight is 267 g/mol. The minimum absolute atomic E-state index is 1.24. The van der Waals surface area contributed by atoms with Gasteiger partial charge < -0.3 is 0 Å². The van der Waals surface area contributed by atoms with Crippen molar-refractivity contribution in [3.63, 3.8) is 0 Å². The van der Waals surface area contributed by atoms with Crippen molar-refractivity contribution in [2.45, 2.75) is 51.4 Å². The summed E-state index contributed by atoms with van der Waals surface area (Å²) in [5.74, 6) is 0. The number of benzene rings is 1. The standard InChI is InChI=1S/C14H19Br/c15-14-10-9-12-7-5-3-1-2-4-6-8-13(14)11-12/h9-11H,1-8H2.